The lowest BCUT2D eigenvalue weighted by Gasteiger charge is -2.06. The van der Waals surface area contributed by atoms with Crippen LogP contribution in [0.15, 0.2) is 11.4 Å². The van der Waals surface area contributed by atoms with Gasteiger partial charge in [0, 0.05) is 7.11 Å². The molecule has 0 bridgehead atoms. The van der Waals surface area contributed by atoms with E-state index in [0.717, 1.165) is 10.4 Å². The summed E-state index contributed by atoms with van der Waals surface area (Å²) in [4.78, 5) is 12.4. The summed E-state index contributed by atoms with van der Waals surface area (Å²) in [5.74, 6) is 0.0741. The van der Waals surface area contributed by atoms with Crippen molar-refractivity contribution in [1.82, 2.24) is 0 Å². The number of thiophene rings is 1. The average Bonchev–Trinajstić information content (AvgIpc) is 2.48. The molecule has 66 valence electrons. The van der Waals surface area contributed by atoms with E-state index in [-0.39, 0.29) is 11.9 Å². The molecular weight excluding hydrogens is 172 g/mol. The number of carbonyl (C=O) groups excluding carboxylic acids is 1. The lowest BCUT2D eigenvalue weighted by molar-refractivity contribution is 0.0659. The maximum atomic E-state index is 11.5. The van der Waals surface area contributed by atoms with Crippen molar-refractivity contribution < 1.29 is 9.53 Å². The van der Waals surface area contributed by atoms with Crippen LogP contribution >= 0.6 is 11.3 Å². The molecule has 0 aliphatic rings. The van der Waals surface area contributed by atoms with E-state index in [0.29, 0.717) is 0 Å². The van der Waals surface area contributed by atoms with Crippen molar-refractivity contribution in [3.63, 3.8) is 0 Å². The Hall–Kier alpha value is -0.670. The van der Waals surface area contributed by atoms with Crippen LogP contribution in [0.25, 0.3) is 0 Å². The molecule has 0 aliphatic carbocycles. The van der Waals surface area contributed by atoms with Gasteiger partial charge in [-0.2, -0.15) is 0 Å². The number of hydrogen-bond donors (Lipinski definition) is 0. The highest BCUT2D eigenvalue weighted by Gasteiger charge is 2.16. The van der Waals surface area contributed by atoms with Crippen LogP contribution in [0.2, 0.25) is 0 Å². The average molecular weight is 184 g/mol. The molecular formula is C9H12O2S. The number of aryl methyl sites for hydroxylation is 1. The van der Waals surface area contributed by atoms with Crippen LogP contribution < -0.4 is 0 Å². The first-order valence-corrected chi connectivity index (χ1v) is 4.66. The molecule has 1 atom stereocenters. The van der Waals surface area contributed by atoms with Crippen LogP contribution in [-0.2, 0) is 4.74 Å². The highest BCUT2D eigenvalue weighted by molar-refractivity contribution is 7.12. The topological polar surface area (TPSA) is 26.3 Å². The maximum absolute atomic E-state index is 11.5. The zero-order chi connectivity index (χ0) is 9.14. The maximum Gasteiger partial charge on any atom is 0.201 e. The monoisotopic (exact) mass is 184 g/mol. The second-order valence-corrected chi connectivity index (χ2v) is 3.59. The Morgan fingerprint density at radius 3 is 2.75 bits per heavy atom. The van der Waals surface area contributed by atoms with E-state index < -0.39 is 0 Å². The van der Waals surface area contributed by atoms with E-state index >= 15 is 0 Å². The van der Waals surface area contributed by atoms with Gasteiger partial charge in [-0.05, 0) is 30.9 Å². The Balaban J connectivity index is 2.85. The van der Waals surface area contributed by atoms with Gasteiger partial charge in [-0.25, -0.2) is 0 Å². The third-order valence-electron chi connectivity index (χ3n) is 1.81. The first-order valence-electron chi connectivity index (χ1n) is 3.78. The number of ketones is 1. The van der Waals surface area contributed by atoms with Gasteiger partial charge in [0.1, 0.15) is 6.10 Å². The smallest absolute Gasteiger partial charge is 0.201 e. The minimum Gasteiger partial charge on any atom is -0.374 e. The number of ether oxygens (including phenoxy) is 1. The third kappa shape index (κ3) is 1.73. The zero-order valence-corrected chi connectivity index (χ0v) is 8.27. The highest BCUT2D eigenvalue weighted by atomic mass is 32.1. The molecule has 0 N–H and O–H groups in total. The number of carbonyl (C=O) groups is 1. The Kier molecular flexibility index (Phi) is 3.00. The summed E-state index contributed by atoms with van der Waals surface area (Å²) >= 11 is 1.47. The molecule has 1 rings (SSSR count). The predicted molar refractivity (Wildman–Crippen MR) is 49.9 cm³/mol. The first kappa shape index (κ1) is 9.42. The van der Waals surface area contributed by atoms with Crippen molar-refractivity contribution in [3.8, 4) is 0 Å². The molecule has 0 radical (unpaired) electrons. The second-order valence-electron chi connectivity index (χ2n) is 2.67. The SMILES string of the molecule is COC(C)C(=O)c1sccc1C. The van der Waals surface area contributed by atoms with Gasteiger partial charge in [0.15, 0.2) is 0 Å². The summed E-state index contributed by atoms with van der Waals surface area (Å²) in [6, 6.07) is 1.94. The second kappa shape index (κ2) is 3.83. The number of Topliss-reactive ketones (excluding diaryl/α,β-unsaturated/α-hetero) is 1. The molecule has 0 aromatic carbocycles. The summed E-state index contributed by atoms with van der Waals surface area (Å²) in [5.41, 5.74) is 1.04. The standard InChI is InChI=1S/C9H12O2S/c1-6-4-5-12-9(6)8(10)7(2)11-3/h4-5,7H,1-3H3. The molecule has 1 aromatic heterocycles. The molecule has 1 heterocycles. The summed E-state index contributed by atoms with van der Waals surface area (Å²) in [6.45, 7) is 3.70. The lowest BCUT2D eigenvalue weighted by atomic mass is 10.1. The van der Waals surface area contributed by atoms with Crippen LogP contribution in [0, 0.1) is 6.92 Å². The first-order chi connectivity index (χ1) is 5.66. The van der Waals surface area contributed by atoms with Gasteiger partial charge in [-0.3, -0.25) is 4.79 Å². The van der Waals surface area contributed by atoms with Crippen molar-refractivity contribution in [2.24, 2.45) is 0 Å². The summed E-state index contributed by atoms with van der Waals surface area (Å²) < 4.78 is 4.95. The van der Waals surface area contributed by atoms with Gasteiger partial charge in [0.2, 0.25) is 5.78 Å². The Morgan fingerprint density at radius 2 is 2.33 bits per heavy atom. The fraction of sp³-hybridized carbons (Fsp3) is 0.444. The van der Waals surface area contributed by atoms with Gasteiger partial charge in [0.05, 0.1) is 4.88 Å². The van der Waals surface area contributed by atoms with Crippen molar-refractivity contribution in [1.29, 1.82) is 0 Å². The largest absolute Gasteiger partial charge is 0.374 e. The van der Waals surface area contributed by atoms with Crippen molar-refractivity contribution in [2.45, 2.75) is 20.0 Å². The van der Waals surface area contributed by atoms with E-state index in [1.807, 2.05) is 18.4 Å². The van der Waals surface area contributed by atoms with E-state index in [1.54, 1.807) is 14.0 Å². The van der Waals surface area contributed by atoms with Crippen LogP contribution in [0.1, 0.15) is 22.2 Å². The molecule has 0 saturated carbocycles. The molecule has 3 heteroatoms. The third-order valence-corrected chi connectivity index (χ3v) is 2.84. The van der Waals surface area contributed by atoms with Crippen molar-refractivity contribution >= 4 is 17.1 Å². The number of rotatable bonds is 3. The van der Waals surface area contributed by atoms with Crippen molar-refractivity contribution in [2.75, 3.05) is 7.11 Å². The predicted octanol–water partition coefficient (Wildman–Crippen LogP) is 2.27. The van der Waals surface area contributed by atoms with E-state index in [9.17, 15) is 4.79 Å². The summed E-state index contributed by atoms with van der Waals surface area (Å²) in [5, 5.41) is 1.92. The van der Waals surface area contributed by atoms with Crippen LogP contribution in [0.4, 0.5) is 0 Å². The fourth-order valence-corrected chi connectivity index (χ4v) is 1.86. The van der Waals surface area contributed by atoms with Crippen LogP contribution in [-0.4, -0.2) is 19.0 Å². The molecule has 0 aliphatic heterocycles. The van der Waals surface area contributed by atoms with E-state index in [1.165, 1.54) is 11.3 Å². The van der Waals surface area contributed by atoms with Gasteiger partial charge in [0.25, 0.3) is 0 Å². The van der Waals surface area contributed by atoms with E-state index in [2.05, 4.69) is 0 Å². The van der Waals surface area contributed by atoms with Crippen LogP contribution in [0.3, 0.4) is 0 Å². The van der Waals surface area contributed by atoms with Gasteiger partial charge >= 0.3 is 0 Å². The molecule has 12 heavy (non-hydrogen) atoms. The summed E-state index contributed by atoms with van der Waals surface area (Å²) in [6.07, 6.45) is -0.331. The summed E-state index contributed by atoms with van der Waals surface area (Å²) in [7, 11) is 1.55. The number of methoxy groups -OCH3 is 1. The highest BCUT2D eigenvalue weighted by Crippen LogP contribution is 2.18. The molecule has 0 amide bonds. The molecule has 0 spiro atoms. The Labute approximate surface area is 76.2 Å². The molecule has 0 saturated heterocycles. The van der Waals surface area contributed by atoms with Crippen molar-refractivity contribution in [3.05, 3.63) is 21.9 Å². The number of hydrogen-bond acceptors (Lipinski definition) is 3. The fourth-order valence-electron chi connectivity index (χ4n) is 0.917. The quantitative estimate of drug-likeness (QED) is 0.674. The molecule has 2 nitrogen and oxygen atoms in total. The molecule has 0 fully saturated rings. The Bertz CT molecular complexity index is 278. The minimum absolute atomic E-state index is 0.0741. The van der Waals surface area contributed by atoms with Gasteiger partial charge in [-0.1, -0.05) is 0 Å². The van der Waals surface area contributed by atoms with E-state index in [4.69, 9.17) is 4.74 Å². The molecule has 1 aromatic rings. The normalized spacial score (nSPS) is 12.9. The van der Waals surface area contributed by atoms with Gasteiger partial charge in [-0.15, -0.1) is 11.3 Å². The minimum atomic E-state index is -0.331. The van der Waals surface area contributed by atoms with Gasteiger partial charge < -0.3 is 4.74 Å². The Morgan fingerprint density at radius 1 is 1.67 bits per heavy atom. The zero-order valence-electron chi connectivity index (χ0n) is 7.46. The lowest BCUT2D eigenvalue weighted by Crippen LogP contribution is -2.18. The molecule has 1 unspecified atom stereocenters. The van der Waals surface area contributed by atoms with Crippen LogP contribution in [0.5, 0.6) is 0 Å².